The molecule has 0 saturated carbocycles. The Balaban J connectivity index is 2.39. The van der Waals surface area contributed by atoms with Gasteiger partial charge in [0.25, 0.3) is 15.9 Å². The summed E-state index contributed by atoms with van der Waals surface area (Å²) in [4.78, 5) is 19.1. The van der Waals surface area contributed by atoms with Gasteiger partial charge in [-0.25, -0.2) is 27.5 Å². The van der Waals surface area contributed by atoms with Crippen molar-refractivity contribution in [2.45, 2.75) is 18.7 Å². The number of nitrogens with zero attached hydrogens (tertiary/aromatic N) is 2. The lowest BCUT2D eigenvalue weighted by Crippen LogP contribution is -2.31. The van der Waals surface area contributed by atoms with Crippen LogP contribution in [0.1, 0.15) is 21.6 Å². The number of sulfonamides is 1. The van der Waals surface area contributed by atoms with E-state index in [0.29, 0.717) is 5.69 Å². The molecule has 0 atom stereocenters. The van der Waals surface area contributed by atoms with E-state index in [4.69, 9.17) is 11.6 Å². The van der Waals surface area contributed by atoms with Gasteiger partial charge in [0.05, 0.1) is 16.3 Å². The normalized spacial score (nSPS) is 11.3. The molecule has 0 bridgehead atoms. The van der Waals surface area contributed by atoms with E-state index in [0.717, 1.165) is 12.1 Å². The maximum Gasteiger partial charge on any atom is 0.268 e. The number of carbonyl (C=O) groups excluding carboxylic acids is 1. The summed E-state index contributed by atoms with van der Waals surface area (Å²) >= 11 is 5.75. The second-order valence-electron chi connectivity index (χ2n) is 4.49. The van der Waals surface area contributed by atoms with E-state index in [9.17, 15) is 17.6 Å². The first-order valence-corrected chi connectivity index (χ1v) is 7.88. The Hall–Kier alpha value is -2.06. The number of halogens is 2. The molecule has 0 radical (unpaired) electrons. The van der Waals surface area contributed by atoms with Crippen molar-refractivity contribution < 1.29 is 17.6 Å². The first-order valence-electron chi connectivity index (χ1n) is 6.02. The largest absolute Gasteiger partial charge is 0.268 e. The zero-order valence-corrected chi connectivity index (χ0v) is 13.2. The molecule has 0 aliphatic carbocycles. The quantitative estimate of drug-likeness (QED) is 0.920. The van der Waals surface area contributed by atoms with Crippen LogP contribution in [0.25, 0.3) is 0 Å². The van der Waals surface area contributed by atoms with Gasteiger partial charge in [-0.2, -0.15) is 0 Å². The van der Waals surface area contributed by atoms with E-state index in [-0.39, 0.29) is 21.0 Å². The maximum absolute atomic E-state index is 13.3. The van der Waals surface area contributed by atoms with Crippen molar-refractivity contribution >= 4 is 27.5 Å². The van der Waals surface area contributed by atoms with Crippen molar-refractivity contribution in [1.82, 2.24) is 14.7 Å². The van der Waals surface area contributed by atoms with Crippen molar-refractivity contribution in [3.63, 3.8) is 0 Å². The van der Waals surface area contributed by atoms with Gasteiger partial charge in [0.15, 0.2) is 0 Å². The summed E-state index contributed by atoms with van der Waals surface area (Å²) in [6.45, 7) is 2.93. The van der Waals surface area contributed by atoms with Gasteiger partial charge in [0, 0.05) is 6.20 Å². The van der Waals surface area contributed by atoms with Crippen LogP contribution in [0.3, 0.4) is 0 Å². The highest BCUT2D eigenvalue weighted by Gasteiger charge is 2.24. The van der Waals surface area contributed by atoms with Crippen LogP contribution in [0, 0.1) is 19.7 Å². The molecule has 0 aliphatic rings. The number of rotatable bonds is 3. The number of hydrogen-bond donors (Lipinski definition) is 1. The SMILES string of the molecule is Cc1cc(S(=O)(=O)NC(=O)c2cncnc2C)c(Cl)cc1F. The zero-order valence-electron chi connectivity index (χ0n) is 11.6. The number of carbonyl (C=O) groups is 1. The van der Waals surface area contributed by atoms with Crippen LogP contribution < -0.4 is 4.72 Å². The molecule has 116 valence electrons. The lowest BCUT2D eigenvalue weighted by Gasteiger charge is -2.10. The number of aromatic nitrogens is 2. The van der Waals surface area contributed by atoms with Gasteiger partial charge >= 0.3 is 0 Å². The van der Waals surface area contributed by atoms with E-state index in [1.165, 1.54) is 26.4 Å². The minimum atomic E-state index is -4.25. The van der Waals surface area contributed by atoms with Crippen LogP contribution >= 0.6 is 11.6 Å². The molecule has 0 unspecified atom stereocenters. The highest BCUT2D eigenvalue weighted by molar-refractivity contribution is 7.90. The van der Waals surface area contributed by atoms with E-state index < -0.39 is 21.7 Å². The van der Waals surface area contributed by atoms with Gasteiger partial charge in [-0.05, 0) is 31.5 Å². The molecule has 6 nitrogen and oxygen atoms in total. The summed E-state index contributed by atoms with van der Waals surface area (Å²) in [5.74, 6) is -1.53. The van der Waals surface area contributed by atoms with Crippen LogP contribution in [0.5, 0.6) is 0 Å². The van der Waals surface area contributed by atoms with Gasteiger partial charge in [-0.15, -0.1) is 0 Å². The Bertz CT molecular complexity index is 856. The van der Waals surface area contributed by atoms with Gasteiger partial charge in [-0.1, -0.05) is 11.6 Å². The van der Waals surface area contributed by atoms with E-state index in [2.05, 4.69) is 9.97 Å². The molecular formula is C13H11ClFN3O3S. The van der Waals surface area contributed by atoms with Crippen molar-refractivity contribution in [2.75, 3.05) is 0 Å². The molecule has 0 spiro atoms. The molecule has 1 amide bonds. The Labute approximate surface area is 131 Å². The fourth-order valence-corrected chi connectivity index (χ4v) is 3.25. The van der Waals surface area contributed by atoms with Crippen molar-refractivity contribution in [3.05, 3.63) is 52.3 Å². The first-order chi connectivity index (χ1) is 10.2. The summed E-state index contributed by atoms with van der Waals surface area (Å²) < 4.78 is 39.7. The van der Waals surface area contributed by atoms with Crippen molar-refractivity contribution in [1.29, 1.82) is 0 Å². The third-order valence-corrected chi connectivity index (χ3v) is 4.68. The molecule has 1 heterocycles. The Kier molecular flexibility index (Phi) is 4.43. The number of nitrogens with one attached hydrogen (secondary N) is 1. The van der Waals surface area contributed by atoms with E-state index in [1.807, 2.05) is 4.72 Å². The number of benzene rings is 1. The molecule has 0 fully saturated rings. The summed E-state index contributed by atoms with van der Waals surface area (Å²) in [6, 6.07) is 1.94. The topological polar surface area (TPSA) is 89.0 Å². The lowest BCUT2D eigenvalue weighted by atomic mass is 10.2. The van der Waals surface area contributed by atoms with E-state index >= 15 is 0 Å². The standard InChI is InChI=1S/C13H11ClFN3O3S/c1-7-3-12(10(14)4-11(7)15)22(20,21)18-13(19)9-5-16-6-17-8(9)2/h3-6H,1-2H3,(H,18,19). The highest BCUT2D eigenvalue weighted by atomic mass is 35.5. The highest BCUT2D eigenvalue weighted by Crippen LogP contribution is 2.24. The Morgan fingerprint density at radius 2 is 2.00 bits per heavy atom. The van der Waals surface area contributed by atoms with E-state index in [1.54, 1.807) is 0 Å². The minimum Gasteiger partial charge on any atom is -0.268 e. The molecule has 22 heavy (non-hydrogen) atoms. The summed E-state index contributed by atoms with van der Waals surface area (Å²) in [5.41, 5.74) is 0.432. The molecule has 1 aromatic heterocycles. The molecule has 9 heteroatoms. The van der Waals surface area contributed by atoms with Crippen LogP contribution in [-0.2, 0) is 10.0 Å². The molecule has 1 N–H and O–H groups in total. The summed E-state index contributed by atoms with van der Waals surface area (Å²) in [5, 5.41) is -0.315. The van der Waals surface area contributed by atoms with Crippen LogP contribution in [0.4, 0.5) is 4.39 Å². The second kappa shape index (κ2) is 5.98. The molecule has 2 rings (SSSR count). The molecule has 1 aromatic carbocycles. The predicted molar refractivity (Wildman–Crippen MR) is 77.6 cm³/mol. The second-order valence-corrected chi connectivity index (χ2v) is 6.55. The molecule has 0 aliphatic heterocycles. The molecular weight excluding hydrogens is 333 g/mol. The first kappa shape index (κ1) is 16.3. The fraction of sp³-hybridized carbons (Fsp3) is 0.154. The monoisotopic (exact) mass is 343 g/mol. The molecule has 0 saturated heterocycles. The van der Waals surface area contributed by atoms with Crippen molar-refractivity contribution in [2.24, 2.45) is 0 Å². The average molecular weight is 344 g/mol. The van der Waals surface area contributed by atoms with Crippen molar-refractivity contribution in [3.8, 4) is 0 Å². The number of hydrogen-bond acceptors (Lipinski definition) is 5. The van der Waals surface area contributed by atoms with Gasteiger partial charge in [0.2, 0.25) is 0 Å². The summed E-state index contributed by atoms with van der Waals surface area (Å²) in [6.07, 6.45) is 2.44. The zero-order chi connectivity index (χ0) is 16.5. The van der Waals surface area contributed by atoms with Crippen LogP contribution in [0.15, 0.2) is 29.6 Å². The number of amides is 1. The van der Waals surface area contributed by atoms with Crippen LogP contribution in [0.2, 0.25) is 5.02 Å². The molecule has 2 aromatic rings. The Morgan fingerprint density at radius 3 is 2.64 bits per heavy atom. The fourth-order valence-electron chi connectivity index (χ4n) is 1.68. The third-order valence-electron chi connectivity index (χ3n) is 2.89. The van der Waals surface area contributed by atoms with Gasteiger partial charge < -0.3 is 0 Å². The Morgan fingerprint density at radius 1 is 1.32 bits per heavy atom. The average Bonchev–Trinajstić information content (AvgIpc) is 2.42. The third kappa shape index (κ3) is 3.23. The van der Waals surface area contributed by atoms with Gasteiger partial charge in [0.1, 0.15) is 17.0 Å². The lowest BCUT2D eigenvalue weighted by molar-refractivity contribution is 0.0980. The maximum atomic E-state index is 13.3. The van der Waals surface area contributed by atoms with Crippen LogP contribution in [-0.4, -0.2) is 24.3 Å². The smallest absolute Gasteiger partial charge is 0.268 e. The predicted octanol–water partition coefficient (Wildman–Crippen LogP) is 2.00. The van der Waals surface area contributed by atoms with Gasteiger partial charge in [-0.3, -0.25) is 4.79 Å². The number of aryl methyl sites for hydroxylation is 2. The summed E-state index contributed by atoms with van der Waals surface area (Å²) in [7, 11) is -4.25. The minimum absolute atomic E-state index is 0.0148.